The molecule has 0 aromatic heterocycles. The van der Waals surface area contributed by atoms with Gasteiger partial charge in [-0.1, -0.05) is 18.6 Å². The van der Waals surface area contributed by atoms with E-state index in [1.807, 2.05) is 6.07 Å². The van der Waals surface area contributed by atoms with Crippen LogP contribution >= 0.6 is 0 Å². The molecule has 1 aromatic rings. The summed E-state index contributed by atoms with van der Waals surface area (Å²) in [6.45, 7) is 3.36. The van der Waals surface area contributed by atoms with Crippen LogP contribution in [0.2, 0.25) is 0 Å². The van der Waals surface area contributed by atoms with Gasteiger partial charge in [0.2, 0.25) is 0 Å². The summed E-state index contributed by atoms with van der Waals surface area (Å²) in [6.07, 6.45) is 6.70. The predicted octanol–water partition coefficient (Wildman–Crippen LogP) is 3.05. The summed E-state index contributed by atoms with van der Waals surface area (Å²) in [7, 11) is 3.92. The van der Waals surface area contributed by atoms with Gasteiger partial charge in [0.25, 0.3) is 0 Å². The van der Waals surface area contributed by atoms with Crippen LogP contribution < -0.4 is 10.1 Å². The second-order valence-corrected chi connectivity index (χ2v) is 5.88. The topological polar surface area (TPSA) is 24.5 Å². The molecule has 0 unspecified atom stereocenters. The summed E-state index contributed by atoms with van der Waals surface area (Å²) in [4.78, 5) is 2.39. The Hall–Kier alpha value is -1.06. The van der Waals surface area contributed by atoms with Gasteiger partial charge in [-0.3, -0.25) is 0 Å². The lowest BCUT2D eigenvalue weighted by Gasteiger charge is -2.17. The molecule has 112 valence electrons. The number of hydrogen-bond donors (Lipinski definition) is 1. The van der Waals surface area contributed by atoms with Crippen molar-refractivity contribution in [3.05, 3.63) is 29.8 Å². The Kier molecular flexibility index (Phi) is 6.34. The first-order chi connectivity index (χ1) is 9.78. The number of nitrogens with zero attached hydrogens (tertiary/aromatic N) is 1. The Morgan fingerprint density at radius 1 is 1.25 bits per heavy atom. The van der Waals surface area contributed by atoms with Gasteiger partial charge in [-0.2, -0.15) is 0 Å². The molecule has 1 fully saturated rings. The zero-order valence-corrected chi connectivity index (χ0v) is 12.9. The highest BCUT2D eigenvalue weighted by Gasteiger charge is 2.19. The van der Waals surface area contributed by atoms with Crippen molar-refractivity contribution < 1.29 is 4.74 Å². The number of hydrogen-bond acceptors (Lipinski definition) is 3. The average Bonchev–Trinajstić information content (AvgIpc) is 3.27. The lowest BCUT2D eigenvalue weighted by Crippen LogP contribution is -2.20. The van der Waals surface area contributed by atoms with E-state index in [2.05, 4.69) is 35.5 Å². The van der Waals surface area contributed by atoms with Crippen molar-refractivity contribution in [1.29, 1.82) is 0 Å². The normalized spacial score (nSPS) is 14.8. The molecule has 0 spiro atoms. The van der Waals surface area contributed by atoms with Crippen LogP contribution in [0.3, 0.4) is 0 Å². The third kappa shape index (κ3) is 5.93. The van der Waals surface area contributed by atoms with E-state index in [1.54, 1.807) is 7.11 Å². The summed E-state index contributed by atoms with van der Waals surface area (Å²) in [5.41, 5.74) is 1.32. The van der Waals surface area contributed by atoms with E-state index in [0.717, 1.165) is 18.3 Å². The minimum Gasteiger partial charge on any atom is -0.497 e. The first-order valence-electron chi connectivity index (χ1n) is 7.83. The van der Waals surface area contributed by atoms with Crippen molar-refractivity contribution in [2.45, 2.75) is 44.7 Å². The summed E-state index contributed by atoms with van der Waals surface area (Å²) in [5, 5.41) is 3.57. The third-order valence-electron chi connectivity index (χ3n) is 3.81. The maximum absolute atomic E-state index is 5.26. The van der Waals surface area contributed by atoms with E-state index in [1.165, 1.54) is 50.8 Å². The van der Waals surface area contributed by atoms with Gasteiger partial charge >= 0.3 is 0 Å². The highest BCUT2D eigenvalue weighted by atomic mass is 16.5. The summed E-state index contributed by atoms with van der Waals surface area (Å²) >= 11 is 0. The molecule has 0 atom stereocenters. The monoisotopic (exact) mass is 276 g/mol. The number of unbranched alkanes of at least 4 members (excludes halogenated alkanes) is 2. The molecule has 0 radical (unpaired) electrons. The number of rotatable bonds is 10. The predicted molar refractivity (Wildman–Crippen MR) is 84.2 cm³/mol. The summed E-state index contributed by atoms with van der Waals surface area (Å²) < 4.78 is 5.26. The highest BCUT2D eigenvalue weighted by molar-refractivity contribution is 5.28. The fourth-order valence-electron chi connectivity index (χ4n) is 2.44. The molecule has 2 rings (SSSR count). The first kappa shape index (κ1) is 15.3. The Morgan fingerprint density at radius 2 is 2.10 bits per heavy atom. The number of nitrogens with one attached hydrogen (secondary N) is 1. The fraction of sp³-hybridized carbons (Fsp3) is 0.647. The summed E-state index contributed by atoms with van der Waals surface area (Å²) in [6, 6.07) is 9.20. The second-order valence-electron chi connectivity index (χ2n) is 5.88. The van der Waals surface area contributed by atoms with E-state index in [0.29, 0.717) is 0 Å². The van der Waals surface area contributed by atoms with E-state index in [9.17, 15) is 0 Å². The number of ether oxygens (including phenoxy) is 1. The van der Waals surface area contributed by atoms with Crippen molar-refractivity contribution in [2.75, 3.05) is 27.2 Å². The Morgan fingerprint density at radius 3 is 2.85 bits per heavy atom. The summed E-state index contributed by atoms with van der Waals surface area (Å²) in [5.74, 6) is 0.946. The van der Waals surface area contributed by atoms with Crippen LogP contribution in [-0.4, -0.2) is 38.2 Å². The molecule has 0 heterocycles. The van der Waals surface area contributed by atoms with Crippen molar-refractivity contribution in [1.82, 2.24) is 10.2 Å². The quantitative estimate of drug-likeness (QED) is 0.665. The Bertz CT molecular complexity index is 390. The van der Waals surface area contributed by atoms with Gasteiger partial charge in [0.1, 0.15) is 5.75 Å². The van der Waals surface area contributed by atoms with E-state index >= 15 is 0 Å². The zero-order valence-electron chi connectivity index (χ0n) is 12.9. The molecule has 1 aliphatic carbocycles. The molecule has 0 amide bonds. The third-order valence-corrected chi connectivity index (χ3v) is 3.81. The van der Waals surface area contributed by atoms with Crippen LogP contribution in [0.1, 0.15) is 37.7 Å². The largest absolute Gasteiger partial charge is 0.497 e. The number of benzene rings is 1. The van der Waals surface area contributed by atoms with Crippen LogP contribution in [0.25, 0.3) is 0 Å². The van der Waals surface area contributed by atoms with Gasteiger partial charge in [0.05, 0.1) is 7.11 Å². The van der Waals surface area contributed by atoms with E-state index < -0.39 is 0 Å². The second kappa shape index (κ2) is 8.28. The van der Waals surface area contributed by atoms with E-state index in [4.69, 9.17) is 4.74 Å². The van der Waals surface area contributed by atoms with Crippen molar-refractivity contribution in [2.24, 2.45) is 0 Å². The maximum atomic E-state index is 5.26. The minimum absolute atomic E-state index is 0.853. The van der Waals surface area contributed by atoms with Gasteiger partial charge in [-0.25, -0.2) is 0 Å². The van der Waals surface area contributed by atoms with Gasteiger partial charge in [0, 0.05) is 12.6 Å². The first-order valence-corrected chi connectivity index (χ1v) is 7.83. The highest BCUT2D eigenvalue weighted by Crippen LogP contribution is 2.18. The fourth-order valence-corrected chi connectivity index (χ4v) is 2.44. The van der Waals surface area contributed by atoms with Crippen LogP contribution in [0.15, 0.2) is 24.3 Å². The molecule has 20 heavy (non-hydrogen) atoms. The van der Waals surface area contributed by atoms with Crippen LogP contribution in [-0.2, 0) is 6.54 Å². The van der Waals surface area contributed by atoms with Gasteiger partial charge in [0.15, 0.2) is 0 Å². The van der Waals surface area contributed by atoms with E-state index in [-0.39, 0.29) is 0 Å². The van der Waals surface area contributed by atoms with Crippen molar-refractivity contribution in [3.8, 4) is 5.75 Å². The molecule has 0 bridgehead atoms. The van der Waals surface area contributed by atoms with Crippen LogP contribution in [0.5, 0.6) is 5.75 Å². The molecule has 0 saturated heterocycles. The standard InChI is InChI=1S/C17H28N2O/c1-19(12-5-3-4-11-18-16-9-10-16)14-15-7-6-8-17(13-15)20-2/h6-8,13,16,18H,3-5,9-12,14H2,1-2H3. The van der Waals surface area contributed by atoms with Gasteiger partial charge < -0.3 is 15.0 Å². The van der Waals surface area contributed by atoms with Crippen molar-refractivity contribution >= 4 is 0 Å². The molecule has 3 nitrogen and oxygen atoms in total. The molecular weight excluding hydrogens is 248 g/mol. The Labute approximate surface area is 123 Å². The maximum Gasteiger partial charge on any atom is 0.119 e. The molecule has 1 saturated carbocycles. The SMILES string of the molecule is COc1cccc(CN(C)CCCCCNC2CC2)c1. The molecule has 1 aliphatic rings. The lowest BCUT2D eigenvalue weighted by atomic mass is 10.2. The van der Waals surface area contributed by atoms with Crippen molar-refractivity contribution in [3.63, 3.8) is 0 Å². The lowest BCUT2D eigenvalue weighted by molar-refractivity contribution is 0.316. The van der Waals surface area contributed by atoms with Gasteiger partial charge in [-0.05, 0) is 63.5 Å². The molecule has 1 aromatic carbocycles. The number of methoxy groups -OCH3 is 1. The smallest absolute Gasteiger partial charge is 0.119 e. The average molecular weight is 276 g/mol. The molecule has 0 aliphatic heterocycles. The van der Waals surface area contributed by atoms with Gasteiger partial charge in [-0.15, -0.1) is 0 Å². The molecular formula is C17H28N2O. The van der Waals surface area contributed by atoms with Crippen LogP contribution in [0, 0.1) is 0 Å². The Balaban J connectivity index is 1.55. The van der Waals surface area contributed by atoms with Crippen LogP contribution in [0.4, 0.5) is 0 Å². The molecule has 1 N–H and O–H groups in total. The zero-order chi connectivity index (χ0) is 14.2. The minimum atomic E-state index is 0.853. The molecule has 3 heteroatoms.